The SMILES string of the molecule is Cn1c(-c2ccsc2Br)nc2cc(SC(F)(F)F)cnc21. The fraction of sp³-hybridized carbons (Fsp3) is 0.167. The van der Waals surface area contributed by atoms with Crippen molar-refractivity contribution in [1.82, 2.24) is 14.5 Å². The Labute approximate surface area is 134 Å². The molecule has 3 heterocycles. The van der Waals surface area contributed by atoms with Gasteiger partial charge >= 0.3 is 5.51 Å². The van der Waals surface area contributed by atoms with E-state index in [4.69, 9.17) is 0 Å². The van der Waals surface area contributed by atoms with Gasteiger partial charge < -0.3 is 4.57 Å². The monoisotopic (exact) mass is 393 g/mol. The maximum atomic E-state index is 12.4. The molecule has 0 radical (unpaired) electrons. The van der Waals surface area contributed by atoms with Crippen LogP contribution in [-0.4, -0.2) is 20.0 Å². The molecule has 0 saturated heterocycles. The minimum atomic E-state index is -4.33. The van der Waals surface area contributed by atoms with Crippen molar-refractivity contribution < 1.29 is 13.2 Å². The summed E-state index contributed by atoms with van der Waals surface area (Å²) in [5.41, 5.74) is -2.44. The number of hydrogen-bond acceptors (Lipinski definition) is 4. The lowest BCUT2D eigenvalue weighted by molar-refractivity contribution is -0.0328. The molecular weight excluding hydrogens is 387 g/mol. The number of halogens is 4. The number of hydrogen-bond donors (Lipinski definition) is 0. The Hall–Kier alpha value is -1.06. The van der Waals surface area contributed by atoms with E-state index in [0.717, 1.165) is 9.35 Å². The molecule has 0 aliphatic heterocycles. The number of aromatic nitrogens is 3. The molecule has 0 unspecified atom stereocenters. The van der Waals surface area contributed by atoms with E-state index in [1.807, 2.05) is 11.4 Å². The van der Waals surface area contributed by atoms with Crippen molar-refractivity contribution in [3.8, 4) is 11.4 Å². The molecule has 0 spiro atoms. The normalized spacial score (nSPS) is 12.2. The lowest BCUT2D eigenvalue weighted by Gasteiger charge is -2.04. The van der Waals surface area contributed by atoms with Gasteiger partial charge in [-0.3, -0.25) is 0 Å². The number of nitrogens with zero attached hydrogens (tertiary/aromatic N) is 3. The number of thioether (sulfide) groups is 1. The molecule has 3 aromatic heterocycles. The topological polar surface area (TPSA) is 30.7 Å². The Balaban J connectivity index is 2.10. The van der Waals surface area contributed by atoms with Crippen LogP contribution in [0.2, 0.25) is 0 Å². The van der Waals surface area contributed by atoms with E-state index in [9.17, 15) is 13.2 Å². The van der Waals surface area contributed by atoms with Crippen molar-refractivity contribution in [2.24, 2.45) is 7.05 Å². The Kier molecular flexibility index (Phi) is 3.74. The zero-order chi connectivity index (χ0) is 15.2. The van der Waals surface area contributed by atoms with Gasteiger partial charge in [-0.15, -0.1) is 11.3 Å². The first-order valence-electron chi connectivity index (χ1n) is 5.67. The zero-order valence-corrected chi connectivity index (χ0v) is 13.7. The fourth-order valence-corrected chi connectivity index (χ4v) is 3.73. The van der Waals surface area contributed by atoms with E-state index in [1.54, 1.807) is 11.6 Å². The van der Waals surface area contributed by atoms with Gasteiger partial charge in [0, 0.05) is 23.7 Å². The number of aryl methyl sites for hydroxylation is 1. The quantitative estimate of drug-likeness (QED) is 0.569. The van der Waals surface area contributed by atoms with Crippen LogP contribution in [0, 0.1) is 0 Å². The third-order valence-corrected chi connectivity index (χ3v) is 5.15. The highest BCUT2D eigenvalue weighted by molar-refractivity contribution is 9.11. The van der Waals surface area contributed by atoms with E-state index in [2.05, 4.69) is 25.9 Å². The summed E-state index contributed by atoms with van der Waals surface area (Å²) in [6.07, 6.45) is 1.22. The molecule has 0 aliphatic carbocycles. The maximum absolute atomic E-state index is 12.4. The predicted molar refractivity (Wildman–Crippen MR) is 81.4 cm³/mol. The second-order valence-electron chi connectivity index (χ2n) is 4.16. The lowest BCUT2D eigenvalue weighted by Crippen LogP contribution is -1.99. The summed E-state index contributed by atoms with van der Waals surface area (Å²) in [4.78, 5) is 8.53. The average Bonchev–Trinajstić information content (AvgIpc) is 2.92. The Morgan fingerprint density at radius 1 is 1.38 bits per heavy atom. The van der Waals surface area contributed by atoms with Crippen LogP contribution in [0.5, 0.6) is 0 Å². The predicted octanol–water partition coefficient (Wildman–Crippen LogP) is 5.07. The van der Waals surface area contributed by atoms with Crippen LogP contribution in [0.15, 0.2) is 32.4 Å². The van der Waals surface area contributed by atoms with Gasteiger partial charge in [0.2, 0.25) is 0 Å². The van der Waals surface area contributed by atoms with E-state index >= 15 is 0 Å². The molecular formula is C12H7BrF3N3S2. The van der Waals surface area contributed by atoms with Gasteiger partial charge in [0.25, 0.3) is 0 Å². The molecule has 3 nitrogen and oxygen atoms in total. The van der Waals surface area contributed by atoms with Crippen LogP contribution in [0.3, 0.4) is 0 Å². The smallest absolute Gasteiger partial charge is 0.312 e. The summed E-state index contributed by atoms with van der Waals surface area (Å²) in [6, 6.07) is 3.31. The summed E-state index contributed by atoms with van der Waals surface area (Å²) >= 11 is 4.77. The molecule has 0 atom stereocenters. The Morgan fingerprint density at radius 3 is 2.76 bits per heavy atom. The van der Waals surface area contributed by atoms with Gasteiger partial charge in [-0.2, -0.15) is 13.2 Å². The third kappa shape index (κ3) is 2.95. The molecule has 9 heteroatoms. The summed E-state index contributed by atoms with van der Waals surface area (Å²) < 4.78 is 39.9. The second-order valence-corrected chi connectivity index (χ2v) is 7.54. The number of fused-ring (bicyclic) bond motifs is 1. The minimum absolute atomic E-state index is 0.0315. The molecule has 0 amide bonds. The molecule has 3 aromatic rings. The zero-order valence-electron chi connectivity index (χ0n) is 10.5. The molecule has 3 rings (SSSR count). The lowest BCUT2D eigenvalue weighted by atomic mass is 10.3. The summed E-state index contributed by atoms with van der Waals surface area (Å²) in [5, 5.41) is 1.91. The van der Waals surface area contributed by atoms with Crippen molar-refractivity contribution in [3.05, 3.63) is 27.5 Å². The van der Waals surface area contributed by atoms with Gasteiger partial charge in [0.05, 0.1) is 3.79 Å². The number of alkyl halides is 3. The van der Waals surface area contributed by atoms with Crippen LogP contribution in [0.25, 0.3) is 22.6 Å². The first-order valence-corrected chi connectivity index (χ1v) is 8.15. The number of imidazole rings is 1. The number of thiophene rings is 1. The molecule has 0 bridgehead atoms. The minimum Gasteiger partial charge on any atom is -0.312 e. The number of rotatable bonds is 2. The van der Waals surface area contributed by atoms with Gasteiger partial charge in [-0.05, 0) is 45.2 Å². The van der Waals surface area contributed by atoms with Gasteiger partial charge in [0.15, 0.2) is 5.65 Å². The summed E-state index contributed by atoms with van der Waals surface area (Å²) in [5.74, 6) is 0.666. The molecule has 0 aliphatic rings. The van der Waals surface area contributed by atoms with Crippen molar-refractivity contribution in [2.45, 2.75) is 10.4 Å². The highest BCUT2D eigenvalue weighted by atomic mass is 79.9. The molecule has 0 N–H and O–H groups in total. The van der Waals surface area contributed by atoms with E-state index in [1.165, 1.54) is 23.6 Å². The van der Waals surface area contributed by atoms with E-state index in [-0.39, 0.29) is 16.7 Å². The largest absolute Gasteiger partial charge is 0.446 e. The van der Waals surface area contributed by atoms with Gasteiger partial charge in [0.1, 0.15) is 11.3 Å². The highest BCUT2D eigenvalue weighted by Crippen LogP contribution is 2.38. The van der Waals surface area contributed by atoms with Crippen molar-refractivity contribution >= 4 is 50.2 Å². The first-order chi connectivity index (χ1) is 9.85. The number of pyridine rings is 1. The molecule has 21 heavy (non-hydrogen) atoms. The van der Waals surface area contributed by atoms with Gasteiger partial charge in [-0.1, -0.05) is 0 Å². The Bertz CT molecular complexity index is 810. The van der Waals surface area contributed by atoms with Crippen LogP contribution < -0.4 is 0 Å². The average molecular weight is 394 g/mol. The van der Waals surface area contributed by atoms with Crippen LogP contribution >= 0.6 is 39.0 Å². The fourth-order valence-electron chi connectivity index (χ4n) is 1.94. The van der Waals surface area contributed by atoms with Crippen molar-refractivity contribution in [1.29, 1.82) is 0 Å². The molecule has 0 fully saturated rings. The van der Waals surface area contributed by atoms with Crippen molar-refractivity contribution in [2.75, 3.05) is 0 Å². The van der Waals surface area contributed by atoms with Crippen molar-refractivity contribution in [3.63, 3.8) is 0 Å². The summed E-state index contributed by atoms with van der Waals surface area (Å²) in [7, 11) is 1.79. The Morgan fingerprint density at radius 2 is 2.14 bits per heavy atom. The molecule has 0 aromatic carbocycles. The third-order valence-electron chi connectivity index (χ3n) is 2.78. The highest BCUT2D eigenvalue weighted by Gasteiger charge is 2.29. The summed E-state index contributed by atoms with van der Waals surface area (Å²) in [6.45, 7) is 0. The van der Waals surface area contributed by atoms with Crippen LogP contribution in [0.4, 0.5) is 13.2 Å². The van der Waals surface area contributed by atoms with Crippen LogP contribution in [0.1, 0.15) is 0 Å². The van der Waals surface area contributed by atoms with Crippen LogP contribution in [-0.2, 0) is 7.05 Å². The second kappa shape index (κ2) is 5.29. The maximum Gasteiger partial charge on any atom is 0.446 e. The standard InChI is InChI=1S/C12H7BrF3N3S2/c1-19-10(7-2-3-20-9(7)13)18-8-4-6(5-17-11(8)19)21-12(14,15)16/h2-5H,1H3. The molecule has 110 valence electrons. The molecule has 0 saturated carbocycles. The van der Waals surface area contributed by atoms with E-state index < -0.39 is 5.51 Å². The van der Waals surface area contributed by atoms with E-state index in [0.29, 0.717) is 17.0 Å². The first kappa shape index (κ1) is 14.9. The van der Waals surface area contributed by atoms with Gasteiger partial charge in [-0.25, -0.2) is 9.97 Å².